The zero-order valence-electron chi connectivity index (χ0n) is 8.39. The number of aromatic nitrogens is 2. The Labute approximate surface area is 87.7 Å². The zero-order chi connectivity index (χ0) is 10.3. The van der Waals surface area contributed by atoms with Gasteiger partial charge in [0.25, 0.3) is 0 Å². The molecule has 3 nitrogen and oxygen atoms in total. The summed E-state index contributed by atoms with van der Waals surface area (Å²) in [5.41, 5.74) is 1.99. The monoisotopic (exact) mass is 200 g/mol. The van der Waals surface area contributed by atoms with Gasteiger partial charge in [0.05, 0.1) is 11.2 Å². The maximum Gasteiger partial charge on any atom is 0.126 e. The molecule has 0 spiro atoms. The van der Waals surface area contributed by atoms with Crippen LogP contribution in [-0.4, -0.2) is 15.7 Å². The largest absolute Gasteiger partial charge is 0.303 e. The smallest absolute Gasteiger partial charge is 0.126 e. The molecule has 2 aromatic heterocycles. The highest BCUT2D eigenvalue weighted by molar-refractivity contribution is 5.63. The maximum absolute atomic E-state index is 10.6. The molecule has 1 fully saturated rings. The number of imidazole rings is 1. The molecule has 2 aromatic rings. The second-order valence-electron chi connectivity index (χ2n) is 4.02. The molecule has 0 aliphatic heterocycles. The summed E-state index contributed by atoms with van der Waals surface area (Å²) in [7, 11) is 0. The van der Waals surface area contributed by atoms with E-state index in [4.69, 9.17) is 0 Å². The number of carbonyl (C=O) groups excluding carboxylic acids is 1. The Morgan fingerprint density at radius 2 is 2.33 bits per heavy atom. The minimum absolute atomic E-state index is 0.417. The van der Waals surface area contributed by atoms with E-state index < -0.39 is 0 Å². The van der Waals surface area contributed by atoms with Gasteiger partial charge in [-0.05, 0) is 25.0 Å². The third-order valence-corrected chi connectivity index (χ3v) is 2.87. The van der Waals surface area contributed by atoms with Gasteiger partial charge in [-0.25, -0.2) is 4.98 Å². The van der Waals surface area contributed by atoms with Gasteiger partial charge >= 0.3 is 0 Å². The van der Waals surface area contributed by atoms with Crippen molar-refractivity contribution in [3.05, 3.63) is 35.9 Å². The Bertz CT molecular complexity index is 511. The summed E-state index contributed by atoms with van der Waals surface area (Å²) in [5.74, 6) is 1.74. The molecule has 0 bridgehead atoms. The average molecular weight is 200 g/mol. The maximum atomic E-state index is 10.6. The summed E-state index contributed by atoms with van der Waals surface area (Å²) < 4.78 is 2.12. The lowest BCUT2D eigenvalue weighted by Crippen LogP contribution is -1.90. The van der Waals surface area contributed by atoms with Crippen molar-refractivity contribution in [1.82, 2.24) is 9.38 Å². The lowest BCUT2D eigenvalue weighted by Gasteiger charge is -1.96. The van der Waals surface area contributed by atoms with E-state index in [0.29, 0.717) is 12.3 Å². The van der Waals surface area contributed by atoms with Crippen molar-refractivity contribution in [3.8, 4) is 0 Å². The molecule has 15 heavy (non-hydrogen) atoms. The number of nitrogens with zero attached hydrogens (tertiary/aromatic N) is 2. The Hall–Kier alpha value is -1.64. The quantitative estimate of drug-likeness (QED) is 0.710. The highest BCUT2D eigenvalue weighted by Gasteiger charge is 2.28. The number of pyridine rings is 1. The Morgan fingerprint density at radius 1 is 1.47 bits per heavy atom. The van der Waals surface area contributed by atoms with E-state index in [0.717, 1.165) is 23.3 Å². The lowest BCUT2D eigenvalue weighted by molar-refractivity contribution is -0.107. The molecule has 0 atom stereocenters. The summed E-state index contributed by atoms with van der Waals surface area (Å²) in [6.45, 7) is 0. The summed E-state index contributed by atoms with van der Waals surface area (Å²) in [5, 5.41) is 0. The molecule has 2 heterocycles. The standard InChI is InChI=1S/C12H12N2O/c15-8-6-10-11-3-1-2-7-14(11)12(13-10)9-4-5-9/h1-3,7-9H,4-6H2. The topological polar surface area (TPSA) is 34.4 Å². The van der Waals surface area contributed by atoms with Crippen LogP contribution >= 0.6 is 0 Å². The molecule has 0 unspecified atom stereocenters. The summed E-state index contributed by atoms with van der Waals surface area (Å²) >= 11 is 0. The van der Waals surface area contributed by atoms with Crippen LogP contribution in [0.4, 0.5) is 0 Å². The fourth-order valence-electron chi connectivity index (χ4n) is 1.99. The summed E-state index contributed by atoms with van der Waals surface area (Å²) in [4.78, 5) is 15.1. The first kappa shape index (κ1) is 8.65. The van der Waals surface area contributed by atoms with Crippen molar-refractivity contribution in [3.63, 3.8) is 0 Å². The predicted octanol–water partition coefficient (Wildman–Crippen LogP) is 1.95. The fraction of sp³-hybridized carbons (Fsp3) is 0.333. The normalized spacial score (nSPS) is 15.7. The van der Waals surface area contributed by atoms with Gasteiger partial charge in [0.15, 0.2) is 0 Å². The van der Waals surface area contributed by atoms with Crippen LogP contribution in [-0.2, 0) is 11.2 Å². The highest BCUT2D eigenvalue weighted by Crippen LogP contribution is 2.39. The van der Waals surface area contributed by atoms with E-state index in [2.05, 4.69) is 9.38 Å². The molecule has 0 N–H and O–H groups in total. The minimum atomic E-state index is 0.417. The third kappa shape index (κ3) is 1.35. The summed E-state index contributed by atoms with van der Waals surface area (Å²) in [6, 6.07) is 6.02. The molecule has 3 heteroatoms. The Kier molecular flexibility index (Phi) is 1.84. The average Bonchev–Trinajstić information content (AvgIpc) is 3.04. The van der Waals surface area contributed by atoms with Gasteiger partial charge in [0.1, 0.15) is 12.1 Å². The van der Waals surface area contributed by atoms with Crippen LogP contribution in [0.5, 0.6) is 0 Å². The predicted molar refractivity (Wildman–Crippen MR) is 56.9 cm³/mol. The van der Waals surface area contributed by atoms with Gasteiger partial charge < -0.3 is 9.20 Å². The molecule has 3 rings (SSSR count). The highest BCUT2D eigenvalue weighted by atomic mass is 16.1. The second-order valence-corrected chi connectivity index (χ2v) is 4.02. The van der Waals surface area contributed by atoms with Crippen molar-refractivity contribution in [1.29, 1.82) is 0 Å². The van der Waals surface area contributed by atoms with Crippen LogP contribution in [0.2, 0.25) is 0 Å². The number of hydrogen-bond acceptors (Lipinski definition) is 2. The number of hydrogen-bond donors (Lipinski definition) is 0. The first-order valence-electron chi connectivity index (χ1n) is 5.29. The third-order valence-electron chi connectivity index (χ3n) is 2.87. The van der Waals surface area contributed by atoms with Crippen molar-refractivity contribution >= 4 is 11.8 Å². The van der Waals surface area contributed by atoms with E-state index in [1.165, 1.54) is 12.8 Å². The summed E-state index contributed by atoms with van der Waals surface area (Å²) in [6.07, 6.45) is 5.83. The Morgan fingerprint density at radius 3 is 3.07 bits per heavy atom. The molecular formula is C12H12N2O. The van der Waals surface area contributed by atoms with E-state index in [1.807, 2.05) is 24.4 Å². The van der Waals surface area contributed by atoms with Crippen LogP contribution in [0.3, 0.4) is 0 Å². The molecule has 0 radical (unpaired) electrons. The molecule has 76 valence electrons. The van der Waals surface area contributed by atoms with Crippen LogP contribution < -0.4 is 0 Å². The van der Waals surface area contributed by atoms with Crippen molar-refractivity contribution < 1.29 is 4.79 Å². The van der Waals surface area contributed by atoms with Crippen molar-refractivity contribution in [2.45, 2.75) is 25.2 Å². The Balaban J connectivity index is 2.22. The number of fused-ring (bicyclic) bond motifs is 1. The molecule has 1 aliphatic carbocycles. The lowest BCUT2D eigenvalue weighted by atomic mass is 10.3. The van der Waals surface area contributed by atoms with Crippen molar-refractivity contribution in [2.75, 3.05) is 0 Å². The van der Waals surface area contributed by atoms with Gasteiger partial charge in [-0.3, -0.25) is 0 Å². The molecular weight excluding hydrogens is 188 g/mol. The van der Waals surface area contributed by atoms with Gasteiger partial charge in [-0.1, -0.05) is 6.07 Å². The first-order chi connectivity index (χ1) is 7.40. The molecule has 1 aliphatic rings. The number of rotatable bonds is 3. The fourth-order valence-corrected chi connectivity index (χ4v) is 1.99. The minimum Gasteiger partial charge on any atom is -0.303 e. The van der Waals surface area contributed by atoms with E-state index in [1.54, 1.807) is 0 Å². The van der Waals surface area contributed by atoms with E-state index >= 15 is 0 Å². The van der Waals surface area contributed by atoms with E-state index in [9.17, 15) is 4.79 Å². The van der Waals surface area contributed by atoms with Crippen LogP contribution in [0.1, 0.15) is 30.3 Å². The first-order valence-corrected chi connectivity index (χ1v) is 5.29. The van der Waals surface area contributed by atoms with Crippen LogP contribution in [0.15, 0.2) is 24.4 Å². The SMILES string of the molecule is O=CCc1nc(C2CC2)n2ccccc12. The van der Waals surface area contributed by atoms with Gasteiger partial charge in [0, 0.05) is 18.5 Å². The van der Waals surface area contributed by atoms with E-state index in [-0.39, 0.29) is 0 Å². The molecule has 0 amide bonds. The second kappa shape index (κ2) is 3.19. The number of aldehydes is 1. The van der Waals surface area contributed by atoms with Gasteiger partial charge in [-0.15, -0.1) is 0 Å². The number of carbonyl (C=O) groups is 1. The van der Waals surface area contributed by atoms with Crippen LogP contribution in [0, 0.1) is 0 Å². The molecule has 0 saturated heterocycles. The van der Waals surface area contributed by atoms with Gasteiger partial charge in [-0.2, -0.15) is 0 Å². The zero-order valence-corrected chi connectivity index (χ0v) is 8.39. The van der Waals surface area contributed by atoms with Crippen molar-refractivity contribution in [2.24, 2.45) is 0 Å². The van der Waals surface area contributed by atoms with Crippen LogP contribution in [0.25, 0.3) is 5.52 Å². The van der Waals surface area contributed by atoms with Gasteiger partial charge in [0.2, 0.25) is 0 Å². The molecule has 0 aromatic carbocycles. The molecule has 1 saturated carbocycles.